The van der Waals surface area contributed by atoms with Gasteiger partial charge in [0.05, 0.1) is 71.0 Å². The van der Waals surface area contributed by atoms with Crippen LogP contribution in [0.1, 0.15) is 62.1 Å². The Bertz CT molecular complexity index is 1620. The highest BCUT2D eigenvalue weighted by atomic mass is 35.5. The molecule has 3 rings (SSSR count). The molecule has 0 saturated heterocycles. The predicted octanol–water partition coefficient (Wildman–Crippen LogP) is 3.33. The number of fused-ring (bicyclic) bond motifs is 1. The van der Waals surface area contributed by atoms with Gasteiger partial charge in [0.25, 0.3) is 5.91 Å². The van der Waals surface area contributed by atoms with Crippen LogP contribution in [-0.4, -0.2) is 153 Å². The zero-order chi connectivity index (χ0) is 42.2. The van der Waals surface area contributed by atoms with Crippen LogP contribution in [0.3, 0.4) is 0 Å². The molecule has 3 unspecified atom stereocenters. The lowest BCUT2D eigenvalue weighted by atomic mass is 9.84. The Kier molecular flexibility index (Phi) is 24.4. The van der Waals surface area contributed by atoms with Gasteiger partial charge in [-0.25, -0.2) is 13.1 Å². The number of ether oxygens (including phenoxy) is 6. The van der Waals surface area contributed by atoms with Crippen molar-refractivity contribution in [2.75, 3.05) is 105 Å². The molecule has 1 heterocycles. The minimum atomic E-state index is -3.80. The number of likely N-dealkylation sites (N-methyl/N-ethyl adjacent to an activating group) is 1. The third-order valence-electron chi connectivity index (χ3n) is 9.23. The number of amides is 1. The Morgan fingerprint density at radius 1 is 0.793 bits per heavy atom. The lowest BCUT2D eigenvalue weighted by Gasteiger charge is -2.35. The molecule has 2 aromatic rings. The highest BCUT2D eigenvalue weighted by molar-refractivity contribution is 7.89. The van der Waals surface area contributed by atoms with Crippen molar-refractivity contribution in [3.05, 3.63) is 63.1 Å². The maximum atomic E-state index is 13.1. The number of aliphatic hydroxyl groups is 2. The zero-order valence-corrected chi connectivity index (χ0v) is 36.0. The molecule has 0 fully saturated rings. The van der Waals surface area contributed by atoms with E-state index in [-0.39, 0.29) is 76.6 Å². The summed E-state index contributed by atoms with van der Waals surface area (Å²) in [5.41, 5.74) is 2.87. The van der Waals surface area contributed by atoms with Crippen LogP contribution in [-0.2, 0) is 54.6 Å². The number of aliphatic hydroxyl groups excluding tert-OH is 2. The summed E-state index contributed by atoms with van der Waals surface area (Å²) in [5.74, 6) is -1.63. The number of benzene rings is 2. The summed E-state index contributed by atoms with van der Waals surface area (Å²) in [6.45, 7) is 10.5. The Balaban J connectivity index is 1.19. The van der Waals surface area contributed by atoms with E-state index in [9.17, 15) is 28.2 Å². The van der Waals surface area contributed by atoms with Gasteiger partial charge in [0.2, 0.25) is 10.0 Å². The Labute approximate surface area is 353 Å². The first-order chi connectivity index (χ1) is 28.0. The molecule has 0 saturated carbocycles. The van der Waals surface area contributed by atoms with Gasteiger partial charge >= 0.3 is 0 Å². The molecule has 0 radical (unpaired) electrons. The number of nitrogens with zero attached hydrogens (tertiary/aromatic N) is 1. The van der Waals surface area contributed by atoms with Crippen LogP contribution in [0.2, 0.25) is 10.0 Å². The number of nitrogens with one attached hydrogen (secondary N) is 2. The molecule has 1 amide bonds. The minimum absolute atomic E-state index is 0.0522. The van der Waals surface area contributed by atoms with E-state index in [1.54, 1.807) is 24.3 Å². The van der Waals surface area contributed by atoms with Crippen molar-refractivity contribution in [3.63, 3.8) is 0 Å². The van der Waals surface area contributed by atoms with Gasteiger partial charge in [-0.2, -0.15) is 0 Å². The van der Waals surface area contributed by atoms with Crippen LogP contribution in [0.15, 0.2) is 41.3 Å². The Morgan fingerprint density at radius 2 is 1.38 bits per heavy atom. The fraction of sp³-hybridized carbons (Fsp3) is 0.650. The lowest BCUT2D eigenvalue weighted by Crippen LogP contribution is -2.46. The minimum Gasteiger partial charge on any atom is -0.382 e. The molecular formula is C40H61Cl2N3O12S. The van der Waals surface area contributed by atoms with E-state index in [0.717, 1.165) is 42.7 Å². The number of hydrogen-bond donors (Lipinski definition) is 4. The van der Waals surface area contributed by atoms with Gasteiger partial charge in [-0.3, -0.25) is 14.5 Å². The van der Waals surface area contributed by atoms with Gasteiger partial charge in [-0.05, 0) is 60.3 Å². The van der Waals surface area contributed by atoms with Crippen molar-refractivity contribution in [1.82, 2.24) is 14.9 Å². The van der Waals surface area contributed by atoms with Crippen LogP contribution >= 0.6 is 23.2 Å². The van der Waals surface area contributed by atoms with E-state index in [4.69, 9.17) is 51.6 Å². The molecule has 0 aromatic heterocycles. The smallest absolute Gasteiger partial charge is 0.252 e. The molecule has 1 aliphatic rings. The molecule has 3 atom stereocenters. The Hall–Kier alpha value is -2.29. The number of carbonyl (C=O) groups excluding carboxylic acids is 2. The van der Waals surface area contributed by atoms with Gasteiger partial charge < -0.3 is 44.0 Å². The van der Waals surface area contributed by atoms with Crippen molar-refractivity contribution >= 4 is 44.9 Å². The number of hydrogen-bond acceptors (Lipinski definition) is 13. The fourth-order valence-electron chi connectivity index (χ4n) is 6.00. The molecule has 328 valence electrons. The fourth-order valence-corrected chi connectivity index (χ4v) is 7.64. The third-order valence-corrected chi connectivity index (χ3v) is 11.2. The van der Waals surface area contributed by atoms with E-state index >= 15 is 0 Å². The van der Waals surface area contributed by atoms with Gasteiger partial charge in [-0.1, -0.05) is 55.6 Å². The number of sulfonamides is 1. The number of Topliss-reactive ketones (excluding diaryl/α,β-unsaturated/α-hetero) is 1. The summed E-state index contributed by atoms with van der Waals surface area (Å²) in [5, 5.41) is 23.7. The van der Waals surface area contributed by atoms with Crippen LogP contribution in [0.5, 0.6) is 0 Å². The second-order valence-corrected chi connectivity index (χ2v) is 16.2. The second kappa shape index (κ2) is 28.3. The van der Waals surface area contributed by atoms with E-state index in [1.165, 1.54) is 0 Å². The summed E-state index contributed by atoms with van der Waals surface area (Å²) >= 11 is 12.9. The zero-order valence-electron chi connectivity index (χ0n) is 33.6. The average Bonchev–Trinajstić information content (AvgIpc) is 3.21. The summed E-state index contributed by atoms with van der Waals surface area (Å²) in [7, 11) is -3.80. The quantitative estimate of drug-likeness (QED) is 0.0784. The van der Waals surface area contributed by atoms with Gasteiger partial charge in [-0.15, -0.1) is 0 Å². The number of rotatable bonds is 32. The first-order valence-electron chi connectivity index (χ1n) is 19.9. The third kappa shape index (κ3) is 18.1. The van der Waals surface area contributed by atoms with Crippen molar-refractivity contribution in [3.8, 4) is 0 Å². The molecular weight excluding hydrogens is 817 g/mol. The average molecular weight is 879 g/mol. The van der Waals surface area contributed by atoms with Crippen LogP contribution in [0.25, 0.3) is 0 Å². The topological polar surface area (TPSA) is 191 Å². The number of unbranched alkanes of at least 4 members (excludes halogenated alkanes) is 1. The SMILES string of the molecule is CCCCOCCOCCOCCCC(=O)C(O)C(O)C(=O)NCCOCCOCCOCCNS(=O)(=O)c1cccc(C2CN(CC)Cc3c(Cl)cc(Cl)cc32)c1. The van der Waals surface area contributed by atoms with Gasteiger partial charge in [0, 0.05) is 61.8 Å². The van der Waals surface area contributed by atoms with E-state index < -0.39 is 33.9 Å². The van der Waals surface area contributed by atoms with Crippen LogP contribution in [0, 0.1) is 0 Å². The molecule has 58 heavy (non-hydrogen) atoms. The molecule has 1 aliphatic heterocycles. The molecule has 15 nitrogen and oxygen atoms in total. The van der Waals surface area contributed by atoms with Crippen molar-refractivity contribution < 1.29 is 56.6 Å². The monoisotopic (exact) mass is 877 g/mol. The van der Waals surface area contributed by atoms with Crippen molar-refractivity contribution in [2.45, 2.75) is 69.1 Å². The van der Waals surface area contributed by atoms with Crippen molar-refractivity contribution in [1.29, 1.82) is 0 Å². The second-order valence-electron chi connectivity index (χ2n) is 13.6. The summed E-state index contributed by atoms with van der Waals surface area (Å²) < 4.78 is 61.4. The van der Waals surface area contributed by atoms with Gasteiger partial charge in [0.1, 0.15) is 6.10 Å². The molecule has 0 bridgehead atoms. The molecule has 2 aromatic carbocycles. The van der Waals surface area contributed by atoms with E-state index in [2.05, 4.69) is 28.8 Å². The highest BCUT2D eigenvalue weighted by Gasteiger charge is 2.30. The number of ketones is 1. The van der Waals surface area contributed by atoms with E-state index in [0.29, 0.717) is 56.0 Å². The summed E-state index contributed by atoms with van der Waals surface area (Å²) in [6, 6.07) is 10.6. The molecule has 18 heteroatoms. The molecule has 0 spiro atoms. The van der Waals surface area contributed by atoms with E-state index in [1.807, 2.05) is 12.1 Å². The number of halogens is 2. The largest absolute Gasteiger partial charge is 0.382 e. The predicted molar refractivity (Wildman–Crippen MR) is 220 cm³/mol. The van der Waals surface area contributed by atoms with Gasteiger partial charge in [0.15, 0.2) is 11.9 Å². The Morgan fingerprint density at radius 3 is 2.00 bits per heavy atom. The highest BCUT2D eigenvalue weighted by Crippen LogP contribution is 2.39. The maximum Gasteiger partial charge on any atom is 0.252 e. The first kappa shape index (κ1) is 50.1. The summed E-state index contributed by atoms with van der Waals surface area (Å²) in [4.78, 5) is 26.8. The first-order valence-corrected chi connectivity index (χ1v) is 22.1. The lowest BCUT2D eigenvalue weighted by molar-refractivity contribution is -0.145. The van der Waals surface area contributed by atoms with Crippen molar-refractivity contribution in [2.24, 2.45) is 0 Å². The maximum absolute atomic E-state index is 13.1. The normalized spacial score (nSPS) is 15.6. The van der Waals surface area contributed by atoms with Crippen LogP contribution < -0.4 is 10.0 Å². The number of carbonyl (C=O) groups is 2. The molecule has 4 N–H and O–H groups in total. The molecule has 0 aliphatic carbocycles. The standard InChI is InChI=1S/C40H61Cl2N3O12S/c1-3-5-13-52-17-21-56-22-18-53-14-7-10-37(46)38(47)39(48)40(49)43-11-15-54-19-23-57-24-20-55-16-12-44-58(50,51)32-9-6-8-30(25-32)34-28-45(4-2)29-35-33(34)26-31(41)27-36(35)42/h6,8-9,25-27,34,38-39,44,47-48H,3-5,7,10-24,28-29H2,1-2H3,(H,43,49). The summed E-state index contributed by atoms with van der Waals surface area (Å²) in [6.07, 6.45) is -1.36. The van der Waals surface area contributed by atoms with Crippen LogP contribution in [0.4, 0.5) is 0 Å².